The third-order valence-electron chi connectivity index (χ3n) is 3.62. The Morgan fingerprint density at radius 1 is 1.40 bits per heavy atom. The summed E-state index contributed by atoms with van der Waals surface area (Å²) in [7, 11) is 0. The smallest absolute Gasteiger partial charge is 0.329 e. The lowest BCUT2D eigenvalue weighted by Crippen LogP contribution is -2.42. The molecular weight excluding hydrogens is 414 g/mol. The Morgan fingerprint density at radius 2 is 2.08 bits per heavy atom. The van der Waals surface area contributed by atoms with E-state index in [1.165, 1.54) is 6.92 Å². The molecular formula is C16H14BrNO6S. The van der Waals surface area contributed by atoms with Gasteiger partial charge in [0.25, 0.3) is 11.1 Å². The Hall–Kier alpha value is -2.00. The lowest BCUT2D eigenvalue weighted by atomic mass is 10.2. The van der Waals surface area contributed by atoms with Gasteiger partial charge in [0.15, 0.2) is 11.5 Å². The molecule has 1 fully saturated rings. The van der Waals surface area contributed by atoms with Crippen molar-refractivity contribution in [1.82, 2.24) is 4.90 Å². The summed E-state index contributed by atoms with van der Waals surface area (Å²) in [6.45, 7) is 3.45. The SMILES string of the molecule is CCOC(=O)[C@H](C)N1C(=O)S/C(=C/c2cc3c(cc2Br)OCO3)C1=O. The van der Waals surface area contributed by atoms with Gasteiger partial charge in [0, 0.05) is 4.47 Å². The number of carbonyl (C=O) groups is 3. The van der Waals surface area contributed by atoms with Gasteiger partial charge in [-0.25, -0.2) is 4.79 Å². The van der Waals surface area contributed by atoms with Gasteiger partial charge in [0.1, 0.15) is 6.04 Å². The number of halogens is 1. The predicted octanol–water partition coefficient (Wildman–Crippen LogP) is 3.17. The molecule has 0 bridgehead atoms. The van der Waals surface area contributed by atoms with E-state index < -0.39 is 23.2 Å². The van der Waals surface area contributed by atoms with Gasteiger partial charge >= 0.3 is 5.97 Å². The third-order valence-corrected chi connectivity index (χ3v) is 5.19. The largest absolute Gasteiger partial charge is 0.464 e. The van der Waals surface area contributed by atoms with Crippen molar-refractivity contribution in [1.29, 1.82) is 0 Å². The molecule has 0 saturated carbocycles. The van der Waals surface area contributed by atoms with Gasteiger partial charge in [-0.3, -0.25) is 14.5 Å². The van der Waals surface area contributed by atoms with E-state index in [1.54, 1.807) is 25.1 Å². The summed E-state index contributed by atoms with van der Waals surface area (Å²) in [4.78, 5) is 37.7. The molecule has 1 aromatic carbocycles. The summed E-state index contributed by atoms with van der Waals surface area (Å²) in [5.74, 6) is 0.0251. The lowest BCUT2D eigenvalue weighted by Gasteiger charge is -2.19. The molecule has 9 heteroatoms. The molecule has 0 N–H and O–H groups in total. The van der Waals surface area contributed by atoms with Crippen LogP contribution in [0.25, 0.3) is 6.08 Å². The van der Waals surface area contributed by atoms with E-state index >= 15 is 0 Å². The maximum Gasteiger partial charge on any atom is 0.329 e. The zero-order valence-corrected chi connectivity index (χ0v) is 15.8. The molecule has 7 nitrogen and oxygen atoms in total. The number of carbonyl (C=O) groups excluding carboxylic acids is 3. The molecule has 2 aliphatic rings. The van der Waals surface area contributed by atoms with Crippen LogP contribution in [0.1, 0.15) is 19.4 Å². The van der Waals surface area contributed by atoms with Crippen LogP contribution in [0.3, 0.4) is 0 Å². The molecule has 1 saturated heterocycles. The lowest BCUT2D eigenvalue weighted by molar-refractivity contribution is -0.150. The van der Waals surface area contributed by atoms with Crippen molar-refractivity contribution in [3.63, 3.8) is 0 Å². The molecule has 0 radical (unpaired) electrons. The normalized spacial score (nSPS) is 18.8. The number of amides is 2. The monoisotopic (exact) mass is 427 g/mol. The van der Waals surface area contributed by atoms with Crippen LogP contribution in [0, 0.1) is 0 Å². The van der Waals surface area contributed by atoms with Gasteiger partial charge in [0.2, 0.25) is 6.79 Å². The number of hydrogen-bond donors (Lipinski definition) is 0. The molecule has 0 aliphatic carbocycles. The van der Waals surface area contributed by atoms with Crippen LogP contribution < -0.4 is 9.47 Å². The molecule has 3 rings (SSSR count). The highest BCUT2D eigenvalue weighted by Crippen LogP contribution is 2.40. The molecule has 2 aliphatic heterocycles. The van der Waals surface area contributed by atoms with Crippen LogP contribution >= 0.6 is 27.7 Å². The van der Waals surface area contributed by atoms with E-state index in [0.717, 1.165) is 16.7 Å². The number of esters is 1. The predicted molar refractivity (Wildman–Crippen MR) is 94.2 cm³/mol. The van der Waals surface area contributed by atoms with Gasteiger partial charge in [-0.05, 0) is 49.4 Å². The average Bonchev–Trinajstić information content (AvgIpc) is 3.11. The second kappa shape index (κ2) is 7.09. The second-order valence-corrected chi connectivity index (χ2v) is 7.05. The zero-order chi connectivity index (χ0) is 18.1. The van der Waals surface area contributed by atoms with Crippen LogP contribution in [0.15, 0.2) is 21.5 Å². The van der Waals surface area contributed by atoms with Gasteiger partial charge < -0.3 is 14.2 Å². The summed E-state index contributed by atoms with van der Waals surface area (Å²) in [6.07, 6.45) is 1.58. The average molecular weight is 428 g/mol. The fourth-order valence-electron chi connectivity index (χ4n) is 2.37. The zero-order valence-electron chi connectivity index (χ0n) is 13.4. The number of hydrogen-bond acceptors (Lipinski definition) is 7. The van der Waals surface area contributed by atoms with Gasteiger partial charge in [-0.2, -0.15) is 0 Å². The maximum absolute atomic E-state index is 12.6. The summed E-state index contributed by atoms with van der Waals surface area (Å²) >= 11 is 4.19. The van der Waals surface area contributed by atoms with Gasteiger partial charge in [-0.1, -0.05) is 15.9 Å². The van der Waals surface area contributed by atoms with Gasteiger partial charge in [0.05, 0.1) is 11.5 Å². The van der Waals surface area contributed by atoms with Crippen molar-refractivity contribution in [3.05, 3.63) is 27.1 Å². The Balaban J connectivity index is 1.87. The highest BCUT2D eigenvalue weighted by atomic mass is 79.9. The van der Waals surface area contributed by atoms with Crippen molar-refractivity contribution < 1.29 is 28.6 Å². The van der Waals surface area contributed by atoms with E-state index in [2.05, 4.69) is 15.9 Å². The molecule has 25 heavy (non-hydrogen) atoms. The molecule has 0 unspecified atom stereocenters. The Morgan fingerprint density at radius 3 is 2.76 bits per heavy atom. The minimum absolute atomic E-state index is 0.138. The molecule has 1 aromatic rings. The van der Waals surface area contributed by atoms with E-state index in [0.29, 0.717) is 21.5 Å². The van der Waals surface area contributed by atoms with Crippen LogP contribution in [0.2, 0.25) is 0 Å². The van der Waals surface area contributed by atoms with Crippen LogP contribution in [-0.4, -0.2) is 41.5 Å². The molecule has 132 valence electrons. The maximum atomic E-state index is 12.6. The molecule has 1 atom stereocenters. The van der Waals surface area contributed by atoms with E-state index in [9.17, 15) is 14.4 Å². The minimum atomic E-state index is -0.974. The van der Waals surface area contributed by atoms with Crippen LogP contribution in [0.4, 0.5) is 4.79 Å². The van der Waals surface area contributed by atoms with E-state index in [4.69, 9.17) is 14.2 Å². The summed E-state index contributed by atoms with van der Waals surface area (Å²) in [5, 5.41) is -0.506. The standard InChI is InChI=1S/C16H14BrNO6S/c1-3-22-15(20)8(2)18-14(19)13(25-16(18)21)5-9-4-11-12(6-10(9)17)24-7-23-11/h4-6,8H,3,7H2,1-2H3/b13-5+/t8-/m0/s1. The summed E-state index contributed by atoms with van der Waals surface area (Å²) in [5.41, 5.74) is 0.665. The molecule has 2 heterocycles. The van der Waals surface area contributed by atoms with Crippen molar-refractivity contribution in [3.8, 4) is 11.5 Å². The first-order chi connectivity index (χ1) is 11.9. The first-order valence-electron chi connectivity index (χ1n) is 7.45. The second-order valence-electron chi connectivity index (χ2n) is 5.21. The number of fused-ring (bicyclic) bond motifs is 1. The first-order valence-corrected chi connectivity index (χ1v) is 9.06. The number of nitrogens with zero attached hydrogens (tertiary/aromatic N) is 1. The van der Waals surface area contributed by atoms with Crippen LogP contribution in [0.5, 0.6) is 11.5 Å². The fourth-order valence-corrected chi connectivity index (χ4v) is 3.70. The fraction of sp³-hybridized carbons (Fsp3) is 0.312. The molecule has 0 aromatic heterocycles. The number of thioether (sulfide) groups is 1. The number of benzene rings is 1. The van der Waals surface area contributed by atoms with E-state index in [1.807, 2.05) is 0 Å². The van der Waals surface area contributed by atoms with Crippen LogP contribution in [-0.2, 0) is 14.3 Å². The Kier molecular flexibility index (Phi) is 5.05. The number of ether oxygens (including phenoxy) is 3. The summed E-state index contributed by atoms with van der Waals surface area (Å²) in [6, 6.07) is 2.48. The van der Waals surface area contributed by atoms with E-state index in [-0.39, 0.29) is 18.3 Å². The van der Waals surface area contributed by atoms with Crippen molar-refractivity contribution >= 4 is 50.9 Å². The number of rotatable bonds is 4. The van der Waals surface area contributed by atoms with Crippen molar-refractivity contribution in [2.75, 3.05) is 13.4 Å². The first kappa shape index (κ1) is 17.8. The highest BCUT2D eigenvalue weighted by Gasteiger charge is 2.41. The minimum Gasteiger partial charge on any atom is -0.464 e. The Labute approximate surface area is 156 Å². The quantitative estimate of drug-likeness (QED) is 0.538. The highest BCUT2D eigenvalue weighted by molar-refractivity contribution is 9.10. The third kappa shape index (κ3) is 3.38. The number of imide groups is 1. The summed E-state index contributed by atoms with van der Waals surface area (Å²) < 4.78 is 16.2. The topological polar surface area (TPSA) is 82.1 Å². The molecule has 0 spiro atoms. The van der Waals surface area contributed by atoms with Crippen molar-refractivity contribution in [2.45, 2.75) is 19.9 Å². The van der Waals surface area contributed by atoms with Crippen molar-refractivity contribution in [2.24, 2.45) is 0 Å². The van der Waals surface area contributed by atoms with Gasteiger partial charge in [-0.15, -0.1) is 0 Å². The molecule has 2 amide bonds. The Bertz CT molecular complexity index is 793.